The van der Waals surface area contributed by atoms with Crippen molar-refractivity contribution in [3.63, 3.8) is 0 Å². The van der Waals surface area contributed by atoms with E-state index in [4.69, 9.17) is 0 Å². The second kappa shape index (κ2) is 2.48. The van der Waals surface area contributed by atoms with Gasteiger partial charge in [-0.3, -0.25) is 0 Å². The van der Waals surface area contributed by atoms with Crippen molar-refractivity contribution in [2.24, 2.45) is 0 Å². The van der Waals surface area contributed by atoms with Crippen molar-refractivity contribution in [2.45, 2.75) is 0 Å². The molecule has 0 aliphatic heterocycles. The van der Waals surface area contributed by atoms with Crippen LogP contribution in [0.4, 0.5) is 4.39 Å². The summed E-state index contributed by atoms with van der Waals surface area (Å²) >= 11 is 1.33. The SMILES string of the molecule is Fc1cc[c]([Sn])cc1. The molecule has 0 amide bonds. The van der Waals surface area contributed by atoms with E-state index < -0.39 is 0 Å². The summed E-state index contributed by atoms with van der Waals surface area (Å²) < 4.78 is 13.3. The molecule has 1 rings (SSSR count). The van der Waals surface area contributed by atoms with Crippen LogP contribution in [0.2, 0.25) is 0 Å². The first-order valence-electron chi connectivity index (χ1n) is 2.26. The summed E-state index contributed by atoms with van der Waals surface area (Å²) in [5.41, 5.74) is 0. The summed E-state index contributed by atoms with van der Waals surface area (Å²) in [5.74, 6) is -0.156. The summed E-state index contributed by atoms with van der Waals surface area (Å²) in [5, 5.41) is 0. The van der Waals surface area contributed by atoms with Gasteiger partial charge in [0.25, 0.3) is 0 Å². The Morgan fingerprint density at radius 2 is 1.62 bits per heavy atom. The Hall–Kier alpha value is -0.0513. The van der Waals surface area contributed by atoms with Crippen LogP contribution in [0.3, 0.4) is 0 Å². The van der Waals surface area contributed by atoms with Gasteiger partial charge in [-0.15, -0.1) is 0 Å². The Balaban J connectivity index is 3.03. The third-order valence-corrected chi connectivity index (χ3v) is 1.80. The molecule has 2 heteroatoms. The van der Waals surface area contributed by atoms with Gasteiger partial charge in [0.15, 0.2) is 0 Å². The number of rotatable bonds is 0. The van der Waals surface area contributed by atoms with E-state index in [2.05, 4.69) is 0 Å². The van der Waals surface area contributed by atoms with E-state index >= 15 is 0 Å². The molecule has 0 aromatic heterocycles. The summed E-state index contributed by atoms with van der Waals surface area (Å²) in [6, 6.07) is 6.52. The van der Waals surface area contributed by atoms with E-state index in [1.54, 1.807) is 12.1 Å². The zero-order valence-electron chi connectivity index (χ0n) is 4.19. The van der Waals surface area contributed by atoms with Crippen LogP contribution in [-0.4, -0.2) is 22.5 Å². The van der Waals surface area contributed by atoms with Crippen molar-refractivity contribution in [2.75, 3.05) is 0 Å². The van der Waals surface area contributed by atoms with Gasteiger partial charge in [0.1, 0.15) is 0 Å². The monoisotopic (exact) mass is 215 g/mol. The molecule has 0 atom stereocenters. The third-order valence-electron chi connectivity index (χ3n) is 0.844. The quantitative estimate of drug-likeness (QED) is 0.555. The molecule has 0 spiro atoms. The van der Waals surface area contributed by atoms with Crippen LogP contribution in [0.15, 0.2) is 24.3 Å². The first kappa shape index (κ1) is 6.07. The van der Waals surface area contributed by atoms with Crippen LogP contribution in [0.5, 0.6) is 0 Å². The minimum atomic E-state index is -0.156. The molecule has 0 heterocycles. The van der Waals surface area contributed by atoms with Crippen molar-refractivity contribution in [1.29, 1.82) is 0 Å². The average Bonchev–Trinajstić information content (AvgIpc) is 1.77. The van der Waals surface area contributed by atoms with Gasteiger partial charge in [0.05, 0.1) is 0 Å². The topological polar surface area (TPSA) is 0 Å². The zero-order valence-corrected chi connectivity index (χ0v) is 7.04. The molecular weight excluding hydrogens is 210 g/mol. The molecule has 0 unspecified atom stereocenters. The standard InChI is InChI=1S/C6H4F.Sn/c7-6-4-2-1-3-5-6;/h2-5H;. The number of hydrogen-bond donors (Lipinski definition) is 0. The Morgan fingerprint density at radius 1 is 1.12 bits per heavy atom. The molecule has 0 bridgehead atoms. The molecule has 1 aromatic rings. The van der Waals surface area contributed by atoms with Crippen LogP contribution >= 0.6 is 0 Å². The molecule has 0 aliphatic carbocycles. The summed E-state index contributed by atoms with van der Waals surface area (Å²) in [6.07, 6.45) is 0. The van der Waals surface area contributed by atoms with Crippen molar-refractivity contribution < 1.29 is 4.39 Å². The zero-order chi connectivity index (χ0) is 5.98. The van der Waals surface area contributed by atoms with Crippen LogP contribution in [-0.2, 0) is 0 Å². The average molecular weight is 214 g/mol. The maximum absolute atomic E-state index is 12.1. The Morgan fingerprint density at radius 3 is 2.00 bits per heavy atom. The predicted octanol–water partition coefficient (Wildman–Crippen LogP) is 0.619. The van der Waals surface area contributed by atoms with Crippen molar-refractivity contribution >= 4 is 26.1 Å². The van der Waals surface area contributed by atoms with Gasteiger partial charge in [0, 0.05) is 0 Å². The Labute approximate surface area is 60.8 Å². The molecule has 0 saturated carbocycles. The predicted molar refractivity (Wildman–Crippen MR) is 31.8 cm³/mol. The molecule has 0 fully saturated rings. The molecule has 8 heavy (non-hydrogen) atoms. The van der Waals surface area contributed by atoms with Crippen molar-refractivity contribution in [3.05, 3.63) is 30.1 Å². The van der Waals surface area contributed by atoms with E-state index in [0.29, 0.717) is 0 Å². The van der Waals surface area contributed by atoms with Crippen molar-refractivity contribution in [3.8, 4) is 0 Å². The number of hydrogen-bond acceptors (Lipinski definition) is 0. The van der Waals surface area contributed by atoms with Crippen LogP contribution in [0.25, 0.3) is 0 Å². The van der Waals surface area contributed by atoms with E-state index in [0.717, 1.165) is 0 Å². The van der Waals surface area contributed by atoms with Crippen LogP contribution in [0.1, 0.15) is 0 Å². The molecule has 0 N–H and O–H groups in total. The number of halogens is 1. The summed E-state index contributed by atoms with van der Waals surface area (Å²) in [4.78, 5) is 0. The normalized spacial score (nSPS) is 9.25. The van der Waals surface area contributed by atoms with E-state index in [-0.39, 0.29) is 5.82 Å². The fourth-order valence-electron chi connectivity index (χ4n) is 0.450. The van der Waals surface area contributed by atoms with E-state index in [9.17, 15) is 4.39 Å². The van der Waals surface area contributed by atoms with E-state index in [1.165, 1.54) is 38.2 Å². The molecule has 0 aliphatic rings. The molecule has 1 aromatic carbocycles. The van der Waals surface area contributed by atoms with Crippen LogP contribution in [0, 0.1) is 5.82 Å². The van der Waals surface area contributed by atoms with Gasteiger partial charge in [-0.2, -0.15) is 0 Å². The maximum atomic E-state index is 12.1. The summed E-state index contributed by atoms with van der Waals surface area (Å²) in [6.45, 7) is 0. The van der Waals surface area contributed by atoms with E-state index in [1.807, 2.05) is 0 Å². The fourth-order valence-corrected chi connectivity index (χ4v) is 0.926. The van der Waals surface area contributed by atoms with Gasteiger partial charge < -0.3 is 0 Å². The van der Waals surface area contributed by atoms with Crippen LogP contribution < -0.4 is 3.58 Å². The molecule has 39 valence electrons. The van der Waals surface area contributed by atoms with Gasteiger partial charge >= 0.3 is 60.6 Å². The second-order valence-electron chi connectivity index (χ2n) is 1.51. The van der Waals surface area contributed by atoms with Gasteiger partial charge in [-0.1, -0.05) is 0 Å². The van der Waals surface area contributed by atoms with Crippen molar-refractivity contribution in [1.82, 2.24) is 0 Å². The Kier molecular flexibility index (Phi) is 1.89. The van der Waals surface area contributed by atoms with Gasteiger partial charge in [-0.05, 0) is 0 Å². The molecule has 0 saturated heterocycles. The van der Waals surface area contributed by atoms with Gasteiger partial charge in [-0.25, -0.2) is 0 Å². The number of benzene rings is 1. The molecule has 3 radical (unpaired) electrons. The first-order chi connectivity index (χ1) is 3.79. The fraction of sp³-hybridized carbons (Fsp3) is 0. The minimum absolute atomic E-state index is 0.156. The molecular formula is C6H4FSn. The molecule has 0 nitrogen and oxygen atoms in total. The second-order valence-corrected chi connectivity index (χ2v) is 3.15. The van der Waals surface area contributed by atoms with Gasteiger partial charge in [0.2, 0.25) is 0 Å². The summed E-state index contributed by atoms with van der Waals surface area (Å²) in [7, 11) is 0. The Bertz CT molecular complexity index is 147. The third kappa shape index (κ3) is 1.47. The first-order valence-corrected chi connectivity index (χ1v) is 3.69.